The SMILES string of the molecule is CN1C(=O)SC(=Cc2cn(Cc3ccc(Cl)cc3)c3ccccc23)C1=O. The Morgan fingerprint density at radius 1 is 1.08 bits per heavy atom. The average molecular weight is 383 g/mol. The monoisotopic (exact) mass is 382 g/mol. The Kier molecular flexibility index (Phi) is 4.34. The van der Waals surface area contributed by atoms with Crippen LogP contribution in [0.3, 0.4) is 0 Å². The number of fused-ring (bicyclic) bond motifs is 1. The van der Waals surface area contributed by atoms with Crippen LogP contribution in [0.2, 0.25) is 5.02 Å². The first-order valence-electron chi connectivity index (χ1n) is 8.07. The second-order valence-electron chi connectivity index (χ2n) is 6.10. The first kappa shape index (κ1) is 16.9. The van der Waals surface area contributed by atoms with E-state index in [2.05, 4.69) is 4.57 Å². The molecule has 2 heterocycles. The van der Waals surface area contributed by atoms with E-state index < -0.39 is 0 Å². The lowest BCUT2D eigenvalue weighted by atomic mass is 10.1. The van der Waals surface area contributed by atoms with Crippen molar-refractivity contribution in [2.45, 2.75) is 6.54 Å². The number of rotatable bonds is 3. The molecule has 0 bridgehead atoms. The molecule has 1 aliphatic heterocycles. The zero-order chi connectivity index (χ0) is 18.3. The molecule has 3 aromatic rings. The van der Waals surface area contributed by atoms with Crippen LogP contribution in [0.15, 0.2) is 59.6 Å². The maximum atomic E-state index is 12.2. The summed E-state index contributed by atoms with van der Waals surface area (Å²) in [4.78, 5) is 25.5. The average Bonchev–Trinajstić information content (AvgIpc) is 3.10. The van der Waals surface area contributed by atoms with Gasteiger partial charge in [-0.05, 0) is 41.6 Å². The van der Waals surface area contributed by atoms with E-state index >= 15 is 0 Å². The Morgan fingerprint density at radius 2 is 1.81 bits per heavy atom. The molecule has 0 saturated carbocycles. The van der Waals surface area contributed by atoms with Gasteiger partial charge in [-0.3, -0.25) is 14.5 Å². The Morgan fingerprint density at radius 3 is 2.50 bits per heavy atom. The van der Waals surface area contributed by atoms with Crippen molar-refractivity contribution in [3.8, 4) is 0 Å². The zero-order valence-electron chi connectivity index (χ0n) is 14.0. The fraction of sp³-hybridized carbons (Fsp3) is 0.100. The molecule has 2 aromatic carbocycles. The second kappa shape index (κ2) is 6.67. The number of likely N-dealkylation sites (N-methyl/N-ethyl adjacent to an activating group) is 1. The molecule has 2 amide bonds. The maximum absolute atomic E-state index is 12.2. The van der Waals surface area contributed by atoms with E-state index in [-0.39, 0.29) is 11.1 Å². The van der Waals surface area contributed by atoms with Gasteiger partial charge in [0.2, 0.25) is 0 Å². The number of halogens is 1. The largest absolute Gasteiger partial charge is 0.342 e. The van der Waals surface area contributed by atoms with Crippen molar-refractivity contribution in [2.75, 3.05) is 7.05 Å². The van der Waals surface area contributed by atoms with E-state index in [4.69, 9.17) is 11.6 Å². The van der Waals surface area contributed by atoms with E-state index in [0.717, 1.165) is 38.7 Å². The highest BCUT2D eigenvalue weighted by Crippen LogP contribution is 2.33. The van der Waals surface area contributed by atoms with E-state index in [9.17, 15) is 9.59 Å². The van der Waals surface area contributed by atoms with Gasteiger partial charge in [0.05, 0.1) is 4.91 Å². The third kappa shape index (κ3) is 3.04. The molecule has 0 aliphatic carbocycles. The quantitative estimate of drug-likeness (QED) is 0.598. The first-order valence-corrected chi connectivity index (χ1v) is 9.26. The predicted octanol–water partition coefficient (Wildman–Crippen LogP) is 5.01. The highest BCUT2D eigenvalue weighted by molar-refractivity contribution is 8.18. The number of aromatic nitrogens is 1. The van der Waals surface area contributed by atoms with Crippen LogP contribution in [0, 0.1) is 0 Å². The van der Waals surface area contributed by atoms with Gasteiger partial charge in [-0.25, -0.2) is 0 Å². The van der Waals surface area contributed by atoms with Gasteiger partial charge in [0, 0.05) is 41.3 Å². The molecule has 4 nitrogen and oxygen atoms in total. The Labute approximate surface area is 160 Å². The molecule has 4 rings (SSSR count). The number of nitrogens with zero attached hydrogens (tertiary/aromatic N) is 2. The summed E-state index contributed by atoms with van der Waals surface area (Å²) in [6, 6.07) is 15.8. The minimum atomic E-state index is -0.255. The lowest BCUT2D eigenvalue weighted by molar-refractivity contribution is -0.121. The van der Waals surface area contributed by atoms with Gasteiger partial charge in [-0.2, -0.15) is 0 Å². The minimum Gasteiger partial charge on any atom is -0.342 e. The summed E-state index contributed by atoms with van der Waals surface area (Å²) in [6.45, 7) is 0.695. The van der Waals surface area contributed by atoms with Crippen molar-refractivity contribution in [2.24, 2.45) is 0 Å². The standard InChI is InChI=1S/C20H15ClN2O2S/c1-22-19(24)18(26-20(22)25)10-14-12-23(17-5-3-2-4-16(14)17)11-13-6-8-15(21)9-7-13/h2-10,12H,11H2,1H3. The number of thioether (sulfide) groups is 1. The van der Waals surface area contributed by atoms with Crippen molar-refractivity contribution in [1.29, 1.82) is 0 Å². The summed E-state index contributed by atoms with van der Waals surface area (Å²) in [5, 5.41) is 1.51. The molecule has 1 fully saturated rings. The Bertz CT molecular complexity index is 1050. The smallest absolute Gasteiger partial charge is 0.293 e. The van der Waals surface area contributed by atoms with Gasteiger partial charge in [0.25, 0.3) is 11.1 Å². The van der Waals surface area contributed by atoms with Gasteiger partial charge < -0.3 is 4.57 Å². The molecule has 130 valence electrons. The van der Waals surface area contributed by atoms with Gasteiger partial charge in [-0.1, -0.05) is 41.9 Å². The normalized spacial score (nSPS) is 16.2. The third-order valence-electron chi connectivity index (χ3n) is 4.36. The number of carbonyl (C=O) groups excluding carboxylic acids is 2. The van der Waals surface area contributed by atoms with Gasteiger partial charge in [-0.15, -0.1) is 0 Å². The van der Waals surface area contributed by atoms with E-state index in [0.29, 0.717) is 16.5 Å². The molecule has 1 saturated heterocycles. The first-order chi connectivity index (χ1) is 12.5. The zero-order valence-corrected chi connectivity index (χ0v) is 15.6. The number of hydrogen-bond acceptors (Lipinski definition) is 3. The minimum absolute atomic E-state index is 0.244. The fourth-order valence-corrected chi connectivity index (χ4v) is 3.94. The van der Waals surface area contributed by atoms with Crippen molar-refractivity contribution < 1.29 is 9.59 Å². The van der Waals surface area contributed by atoms with E-state index in [1.807, 2.05) is 54.7 Å². The van der Waals surface area contributed by atoms with Crippen LogP contribution < -0.4 is 0 Å². The molecule has 1 aromatic heterocycles. The number of imide groups is 1. The van der Waals surface area contributed by atoms with Crippen LogP contribution >= 0.6 is 23.4 Å². The Hall–Kier alpha value is -2.50. The molecule has 0 radical (unpaired) electrons. The van der Waals surface area contributed by atoms with Crippen molar-refractivity contribution in [3.05, 3.63) is 75.8 Å². The number of carbonyl (C=O) groups is 2. The molecule has 0 N–H and O–H groups in total. The molecule has 0 spiro atoms. The van der Waals surface area contributed by atoms with Crippen LogP contribution in [0.5, 0.6) is 0 Å². The van der Waals surface area contributed by atoms with Crippen molar-refractivity contribution >= 4 is 51.5 Å². The van der Waals surface area contributed by atoms with Crippen molar-refractivity contribution in [3.63, 3.8) is 0 Å². The van der Waals surface area contributed by atoms with E-state index in [1.165, 1.54) is 7.05 Å². The number of benzene rings is 2. The lowest BCUT2D eigenvalue weighted by Gasteiger charge is -2.05. The summed E-state index contributed by atoms with van der Waals surface area (Å²) in [7, 11) is 1.50. The molecule has 0 unspecified atom stereocenters. The van der Waals surface area contributed by atoms with E-state index in [1.54, 1.807) is 6.08 Å². The van der Waals surface area contributed by atoms with Gasteiger partial charge in [0.15, 0.2) is 0 Å². The molecule has 1 aliphatic rings. The summed E-state index contributed by atoms with van der Waals surface area (Å²) in [5.74, 6) is -0.255. The number of hydrogen-bond donors (Lipinski definition) is 0. The second-order valence-corrected chi connectivity index (χ2v) is 7.53. The fourth-order valence-electron chi connectivity index (χ4n) is 2.99. The molecule has 0 atom stereocenters. The number of amides is 2. The lowest BCUT2D eigenvalue weighted by Crippen LogP contribution is -2.22. The predicted molar refractivity (Wildman–Crippen MR) is 106 cm³/mol. The maximum Gasteiger partial charge on any atom is 0.293 e. The molecular formula is C20H15ClN2O2S. The third-order valence-corrected chi connectivity index (χ3v) is 5.57. The van der Waals surface area contributed by atoms with Crippen LogP contribution in [-0.4, -0.2) is 27.7 Å². The Balaban J connectivity index is 1.76. The summed E-state index contributed by atoms with van der Waals surface area (Å²) >= 11 is 6.94. The van der Waals surface area contributed by atoms with Gasteiger partial charge >= 0.3 is 0 Å². The summed E-state index contributed by atoms with van der Waals surface area (Å²) in [5.41, 5.74) is 3.13. The number of para-hydroxylation sites is 1. The summed E-state index contributed by atoms with van der Waals surface area (Å²) < 4.78 is 2.14. The summed E-state index contributed by atoms with van der Waals surface area (Å²) in [6.07, 6.45) is 3.82. The van der Waals surface area contributed by atoms with Crippen molar-refractivity contribution in [1.82, 2.24) is 9.47 Å². The van der Waals surface area contributed by atoms with Crippen LogP contribution in [-0.2, 0) is 11.3 Å². The molecule has 6 heteroatoms. The highest BCUT2D eigenvalue weighted by Gasteiger charge is 2.32. The van der Waals surface area contributed by atoms with Crippen LogP contribution in [0.1, 0.15) is 11.1 Å². The van der Waals surface area contributed by atoms with Gasteiger partial charge in [0.1, 0.15) is 0 Å². The van der Waals surface area contributed by atoms with Crippen LogP contribution in [0.25, 0.3) is 17.0 Å². The van der Waals surface area contributed by atoms with Crippen LogP contribution in [0.4, 0.5) is 4.79 Å². The topological polar surface area (TPSA) is 42.3 Å². The highest BCUT2D eigenvalue weighted by atomic mass is 35.5. The molecule has 26 heavy (non-hydrogen) atoms. The molecular weight excluding hydrogens is 368 g/mol.